The van der Waals surface area contributed by atoms with Crippen LogP contribution in [-0.2, 0) is 0 Å². The zero-order valence-electron chi connectivity index (χ0n) is 6.44. The summed E-state index contributed by atoms with van der Waals surface area (Å²) in [6, 6.07) is -0.00750. The van der Waals surface area contributed by atoms with E-state index in [2.05, 4.69) is 16.0 Å². The second-order valence-corrected chi connectivity index (χ2v) is 3.34. The SMILES string of the molecule is O=C1NCC2(CCNCC2)N1. The highest BCUT2D eigenvalue weighted by molar-refractivity contribution is 5.77. The minimum absolute atomic E-state index is 0.00750. The molecule has 2 saturated heterocycles. The Labute approximate surface area is 65.7 Å². The Hall–Kier alpha value is -0.770. The highest BCUT2D eigenvalue weighted by Crippen LogP contribution is 2.19. The fourth-order valence-electron chi connectivity index (χ4n) is 1.79. The van der Waals surface area contributed by atoms with Gasteiger partial charge in [0.2, 0.25) is 0 Å². The van der Waals surface area contributed by atoms with Gasteiger partial charge in [0.25, 0.3) is 0 Å². The van der Waals surface area contributed by atoms with Crippen LogP contribution in [0.1, 0.15) is 12.8 Å². The third kappa shape index (κ3) is 1.18. The Morgan fingerprint density at radius 3 is 2.55 bits per heavy atom. The zero-order chi connectivity index (χ0) is 7.73. The molecule has 0 saturated carbocycles. The Morgan fingerprint density at radius 1 is 1.27 bits per heavy atom. The summed E-state index contributed by atoms with van der Waals surface area (Å²) < 4.78 is 0. The van der Waals surface area contributed by atoms with Crippen LogP contribution in [0.5, 0.6) is 0 Å². The number of rotatable bonds is 0. The van der Waals surface area contributed by atoms with Gasteiger partial charge < -0.3 is 16.0 Å². The molecule has 2 fully saturated rings. The molecule has 0 atom stereocenters. The molecule has 2 aliphatic rings. The minimum Gasteiger partial charge on any atom is -0.336 e. The highest BCUT2D eigenvalue weighted by Gasteiger charge is 2.38. The fourth-order valence-corrected chi connectivity index (χ4v) is 1.79. The fraction of sp³-hybridized carbons (Fsp3) is 0.857. The van der Waals surface area contributed by atoms with Crippen molar-refractivity contribution in [2.24, 2.45) is 0 Å². The normalized spacial score (nSPS) is 28.2. The van der Waals surface area contributed by atoms with Gasteiger partial charge in [-0.15, -0.1) is 0 Å². The summed E-state index contributed by atoms with van der Waals surface area (Å²) in [7, 11) is 0. The average molecular weight is 155 g/mol. The number of hydrogen-bond donors (Lipinski definition) is 3. The van der Waals surface area contributed by atoms with Crippen molar-refractivity contribution in [3.63, 3.8) is 0 Å². The summed E-state index contributed by atoms with van der Waals surface area (Å²) >= 11 is 0. The first-order chi connectivity index (χ1) is 5.31. The summed E-state index contributed by atoms with van der Waals surface area (Å²) in [6.07, 6.45) is 2.09. The summed E-state index contributed by atoms with van der Waals surface area (Å²) in [6.45, 7) is 2.83. The molecule has 4 nitrogen and oxygen atoms in total. The maximum absolute atomic E-state index is 10.9. The first-order valence-corrected chi connectivity index (χ1v) is 4.08. The first kappa shape index (κ1) is 6.91. The van der Waals surface area contributed by atoms with Crippen molar-refractivity contribution in [3.05, 3.63) is 0 Å². The van der Waals surface area contributed by atoms with Crippen molar-refractivity contribution in [2.75, 3.05) is 19.6 Å². The third-order valence-corrected chi connectivity index (χ3v) is 2.53. The maximum atomic E-state index is 10.9. The molecule has 2 aliphatic heterocycles. The van der Waals surface area contributed by atoms with Crippen molar-refractivity contribution in [3.8, 4) is 0 Å². The third-order valence-electron chi connectivity index (χ3n) is 2.53. The van der Waals surface area contributed by atoms with Crippen LogP contribution in [0.4, 0.5) is 4.79 Å². The van der Waals surface area contributed by atoms with Gasteiger partial charge in [0.05, 0.1) is 5.54 Å². The molecular formula is C7H13N3O. The summed E-state index contributed by atoms with van der Waals surface area (Å²) in [5, 5.41) is 9.05. The lowest BCUT2D eigenvalue weighted by Gasteiger charge is -2.32. The number of hydrogen-bond acceptors (Lipinski definition) is 2. The van der Waals surface area contributed by atoms with Crippen LogP contribution in [0.25, 0.3) is 0 Å². The molecule has 62 valence electrons. The van der Waals surface area contributed by atoms with E-state index in [1.54, 1.807) is 0 Å². The second kappa shape index (κ2) is 2.37. The van der Waals surface area contributed by atoms with E-state index in [4.69, 9.17) is 0 Å². The molecule has 3 N–H and O–H groups in total. The molecule has 0 aromatic rings. The van der Waals surface area contributed by atoms with Gasteiger partial charge in [-0.05, 0) is 25.9 Å². The molecular weight excluding hydrogens is 142 g/mol. The molecule has 0 aliphatic carbocycles. The van der Waals surface area contributed by atoms with E-state index >= 15 is 0 Å². The van der Waals surface area contributed by atoms with Crippen LogP contribution in [0, 0.1) is 0 Å². The Balaban J connectivity index is 2.03. The first-order valence-electron chi connectivity index (χ1n) is 4.08. The molecule has 0 aromatic heterocycles. The molecule has 0 aromatic carbocycles. The molecule has 11 heavy (non-hydrogen) atoms. The summed E-state index contributed by atoms with van der Waals surface area (Å²) in [4.78, 5) is 10.9. The Kier molecular flexibility index (Phi) is 1.49. The van der Waals surface area contributed by atoms with Gasteiger partial charge in [0.15, 0.2) is 0 Å². The Bertz CT molecular complexity index is 175. The van der Waals surface area contributed by atoms with Crippen molar-refractivity contribution < 1.29 is 4.79 Å². The monoisotopic (exact) mass is 155 g/mol. The van der Waals surface area contributed by atoms with Gasteiger partial charge >= 0.3 is 6.03 Å². The van der Waals surface area contributed by atoms with E-state index in [0.29, 0.717) is 0 Å². The van der Waals surface area contributed by atoms with Gasteiger partial charge in [-0.1, -0.05) is 0 Å². The lowest BCUT2D eigenvalue weighted by Crippen LogP contribution is -2.51. The number of urea groups is 1. The van der Waals surface area contributed by atoms with Crippen LogP contribution >= 0.6 is 0 Å². The van der Waals surface area contributed by atoms with Crippen LogP contribution in [0.2, 0.25) is 0 Å². The van der Waals surface area contributed by atoms with Gasteiger partial charge in [0.1, 0.15) is 0 Å². The van der Waals surface area contributed by atoms with Crippen molar-refractivity contribution in [1.82, 2.24) is 16.0 Å². The standard InChI is InChI=1S/C7H13N3O/c11-6-9-5-7(10-6)1-3-8-4-2-7/h8H,1-5H2,(H2,9,10,11). The van der Waals surface area contributed by atoms with Gasteiger partial charge in [-0.2, -0.15) is 0 Å². The van der Waals surface area contributed by atoms with Crippen LogP contribution in [-0.4, -0.2) is 31.2 Å². The van der Waals surface area contributed by atoms with E-state index in [1.807, 2.05) is 0 Å². The topological polar surface area (TPSA) is 53.2 Å². The molecule has 0 radical (unpaired) electrons. The largest absolute Gasteiger partial charge is 0.336 e. The smallest absolute Gasteiger partial charge is 0.315 e. The molecule has 2 heterocycles. The quantitative estimate of drug-likeness (QED) is 0.438. The zero-order valence-corrected chi connectivity index (χ0v) is 6.44. The maximum Gasteiger partial charge on any atom is 0.315 e. The molecule has 2 rings (SSSR count). The lowest BCUT2D eigenvalue weighted by molar-refractivity contribution is 0.238. The summed E-state index contributed by atoms with van der Waals surface area (Å²) in [5.41, 5.74) is 0.0718. The van der Waals surface area contributed by atoms with Crippen molar-refractivity contribution >= 4 is 6.03 Å². The number of carbonyl (C=O) groups excluding carboxylic acids is 1. The number of piperidine rings is 1. The predicted octanol–water partition coefficient (Wildman–Crippen LogP) is -0.579. The summed E-state index contributed by atoms with van der Waals surface area (Å²) in [5.74, 6) is 0. The molecule has 4 heteroatoms. The van der Waals surface area contributed by atoms with E-state index in [-0.39, 0.29) is 11.6 Å². The number of nitrogens with one attached hydrogen (secondary N) is 3. The van der Waals surface area contributed by atoms with Gasteiger partial charge in [-0.3, -0.25) is 0 Å². The Morgan fingerprint density at radius 2 is 2.00 bits per heavy atom. The van der Waals surface area contributed by atoms with E-state index in [0.717, 1.165) is 32.5 Å². The molecule has 2 amide bonds. The van der Waals surface area contributed by atoms with Crippen molar-refractivity contribution in [1.29, 1.82) is 0 Å². The van der Waals surface area contributed by atoms with Gasteiger partial charge in [0, 0.05) is 6.54 Å². The van der Waals surface area contributed by atoms with E-state index in [9.17, 15) is 4.79 Å². The van der Waals surface area contributed by atoms with Crippen LogP contribution in [0.15, 0.2) is 0 Å². The average Bonchev–Trinajstić information content (AvgIpc) is 2.34. The predicted molar refractivity (Wildman–Crippen MR) is 41.4 cm³/mol. The number of carbonyl (C=O) groups is 1. The molecule has 0 unspecified atom stereocenters. The number of amides is 2. The second-order valence-electron chi connectivity index (χ2n) is 3.34. The van der Waals surface area contributed by atoms with E-state index < -0.39 is 0 Å². The molecule has 0 bridgehead atoms. The lowest BCUT2D eigenvalue weighted by atomic mass is 9.90. The van der Waals surface area contributed by atoms with E-state index in [1.165, 1.54) is 0 Å². The van der Waals surface area contributed by atoms with Crippen LogP contribution in [0.3, 0.4) is 0 Å². The molecule has 1 spiro atoms. The highest BCUT2D eigenvalue weighted by atomic mass is 16.2. The van der Waals surface area contributed by atoms with Crippen LogP contribution < -0.4 is 16.0 Å². The van der Waals surface area contributed by atoms with Gasteiger partial charge in [-0.25, -0.2) is 4.79 Å². The van der Waals surface area contributed by atoms with Crippen molar-refractivity contribution in [2.45, 2.75) is 18.4 Å². The minimum atomic E-state index is -0.00750.